The number of nitrogens with zero attached hydrogens (tertiary/aromatic N) is 4. The van der Waals surface area contributed by atoms with E-state index < -0.39 is 0 Å². The third kappa shape index (κ3) is 3.65. The molecule has 1 fully saturated rings. The Balaban J connectivity index is 1.53. The van der Waals surface area contributed by atoms with E-state index in [-0.39, 0.29) is 6.10 Å². The molecule has 1 aromatic carbocycles. The van der Waals surface area contributed by atoms with Crippen LogP contribution in [0.4, 0.5) is 0 Å². The van der Waals surface area contributed by atoms with Crippen LogP contribution in [-0.2, 0) is 6.54 Å². The van der Waals surface area contributed by atoms with Crippen molar-refractivity contribution in [1.82, 2.24) is 25.5 Å². The standard InChI is InChI=1S/C15H21N5O/c21-14-8-6-12(7-9-14)10-16-11-15-17-18-19-20(15)13-4-2-1-3-5-13/h1-5,12,14,16,21H,6-11H2. The number of para-hydroxylation sites is 1. The van der Waals surface area contributed by atoms with Crippen molar-refractivity contribution >= 4 is 0 Å². The number of aliphatic hydroxyl groups excluding tert-OH is 1. The summed E-state index contributed by atoms with van der Waals surface area (Å²) in [5.41, 5.74) is 0.972. The maximum Gasteiger partial charge on any atom is 0.170 e. The maximum absolute atomic E-state index is 9.51. The molecule has 2 aromatic rings. The molecule has 0 bridgehead atoms. The van der Waals surface area contributed by atoms with Gasteiger partial charge in [-0.25, -0.2) is 0 Å². The summed E-state index contributed by atoms with van der Waals surface area (Å²) in [6.45, 7) is 1.61. The van der Waals surface area contributed by atoms with E-state index in [1.54, 1.807) is 4.68 Å². The summed E-state index contributed by atoms with van der Waals surface area (Å²) in [5.74, 6) is 1.46. The minimum absolute atomic E-state index is 0.0911. The highest BCUT2D eigenvalue weighted by atomic mass is 16.3. The number of hydrogen-bond donors (Lipinski definition) is 2. The summed E-state index contributed by atoms with van der Waals surface area (Å²) >= 11 is 0. The normalized spacial score (nSPS) is 22.3. The minimum atomic E-state index is -0.0911. The summed E-state index contributed by atoms with van der Waals surface area (Å²) in [7, 11) is 0. The topological polar surface area (TPSA) is 75.9 Å². The molecule has 0 radical (unpaired) electrons. The molecule has 0 spiro atoms. The summed E-state index contributed by atoms with van der Waals surface area (Å²) in [4.78, 5) is 0. The number of aliphatic hydroxyl groups is 1. The second-order valence-electron chi connectivity index (χ2n) is 5.65. The number of nitrogens with one attached hydrogen (secondary N) is 1. The number of hydrogen-bond acceptors (Lipinski definition) is 5. The van der Waals surface area contributed by atoms with Crippen LogP contribution in [0.3, 0.4) is 0 Å². The van der Waals surface area contributed by atoms with E-state index in [4.69, 9.17) is 0 Å². The van der Waals surface area contributed by atoms with Gasteiger partial charge in [0.2, 0.25) is 0 Å². The summed E-state index contributed by atoms with van der Waals surface area (Å²) < 4.78 is 1.76. The van der Waals surface area contributed by atoms with Crippen LogP contribution in [0.1, 0.15) is 31.5 Å². The Morgan fingerprint density at radius 2 is 1.90 bits per heavy atom. The van der Waals surface area contributed by atoms with Crippen LogP contribution in [0.2, 0.25) is 0 Å². The first-order valence-corrected chi connectivity index (χ1v) is 7.54. The van der Waals surface area contributed by atoms with E-state index in [0.29, 0.717) is 12.5 Å². The zero-order valence-electron chi connectivity index (χ0n) is 12.0. The van der Waals surface area contributed by atoms with Gasteiger partial charge in [0.25, 0.3) is 0 Å². The quantitative estimate of drug-likeness (QED) is 0.867. The molecule has 0 aliphatic heterocycles. The van der Waals surface area contributed by atoms with Gasteiger partial charge in [0, 0.05) is 0 Å². The molecule has 6 heteroatoms. The Hall–Kier alpha value is -1.79. The van der Waals surface area contributed by atoms with Crippen LogP contribution < -0.4 is 5.32 Å². The zero-order valence-corrected chi connectivity index (χ0v) is 12.0. The molecule has 1 heterocycles. The highest BCUT2D eigenvalue weighted by Crippen LogP contribution is 2.23. The zero-order chi connectivity index (χ0) is 14.5. The smallest absolute Gasteiger partial charge is 0.170 e. The van der Waals surface area contributed by atoms with Crippen LogP contribution in [0.25, 0.3) is 5.69 Å². The Morgan fingerprint density at radius 3 is 2.67 bits per heavy atom. The van der Waals surface area contributed by atoms with Gasteiger partial charge in [-0.15, -0.1) is 5.10 Å². The summed E-state index contributed by atoms with van der Waals surface area (Å²) in [6.07, 6.45) is 3.95. The van der Waals surface area contributed by atoms with Crippen molar-refractivity contribution in [2.24, 2.45) is 5.92 Å². The average molecular weight is 287 g/mol. The van der Waals surface area contributed by atoms with Gasteiger partial charge in [0.15, 0.2) is 5.82 Å². The van der Waals surface area contributed by atoms with Crippen molar-refractivity contribution in [2.75, 3.05) is 6.54 Å². The third-order valence-corrected chi connectivity index (χ3v) is 4.07. The monoisotopic (exact) mass is 287 g/mol. The molecule has 0 saturated heterocycles. The van der Waals surface area contributed by atoms with Crippen molar-refractivity contribution in [2.45, 2.75) is 38.3 Å². The minimum Gasteiger partial charge on any atom is -0.393 e. The fourth-order valence-electron chi connectivity index (χ4n) is 2.82. The number of tetrazole rings is 1. The Kier molecular flexibility index (Phi) is 4.57. The molecule has 0 amide bonds. The van der Waals surface area contributed by atoms with Crippen molar-refractivity contribution in [3.63, 3.8) is 0 Å². The van der Waals surface area contributed by atoms with Gasteiger partial charge in [-0.05, 0) is 60.7 Å². The second-order valence-corrected chi connectivity index (χ2v) is 5.65. The molecule has 1 aliphatic carbocycles. The number of aromatic nitrogens is 4. The first kappa shape index (κ1) is 14.2. The average Bonchev–Trinajstić information content (AvgIpc) is 2.99. The Bertz CT molecular complexity index is 548. The van der Waals surface area contributed by atoms with Crippen molar-refractivity contribution in [3.8, 4) is 5.69 Å². The molecule has 2 N–H and O–H groups in total. The molecule has 0 atom stereocenters. The summed E-state index contributed by atoms with van der Waals surface area (Å²) in [6, 6.07) is 9.90. The largest absolute Gasteiger partial charge is 0.393 e. The molecule has 21 heavy (non-hydrogen) atoms. The predicted octanol–water partition coefficient (Wildman–Crippen LogP) is 1.30. The molecular formula is C15H21N5O. The van der Waals surface area contributed by atoms with E-state index in [2.05, 4.69) is 20.8 Å². The first-order chi connectivity index (χ1) is 10.3. The number of rotatable bonds is 5. The number of benzene rings is 1. The van der Waals surface area contributed by atoms with Gasteiger partial charge >= 0.3 is 0 Å². The second kappa shape index (κ2) is 6.78. The van der Waals surface area contributed by atoms with Crippen LogP contribution in [-0.4, -0.2) is 38.0 Å². The molecular weight excluding hydrogens is 266 g/mol. The molecule has 0 unspecified atom stereocenters. The molecule has 1 aromatic heterocycles. The SMILES string of the molecule is OC1CCC(CNCc2nnnn2-c2ccccc2)CC1. The van der Waals surface area contributed by atoms with Gasteiger partial charge in [-0.2, -0.15) is 4.68 Å². The van der Waals surface area contributed by atoms with Gasteiger partial charge < -0.3 is 10.4 Å². The lowest BCUT2D eigenvalue weighted by Gasteiger charge is -2.25. The van der Waals surface area contributed by atoms with Gasteiger partial charge in [0.1, 0.15) is 0 Å². The van der Waals surface area contributed by atoms with Crippen LogP contribution in [0.5, 0.6) is 0 Å². The van der Waals surface area contributed by atoms with Gasteiger partial charge in [-0.3, -0.25) is 0 Å². The lowest BCUT2D eigenvalue weighted by molar-refractivity contribution is 0.108. The molecule has 1 saturated carbocycles. The Labute approximate surface area is 124 Å². The van der Waals surface area contributed by atoms with Gasteiger partial charge in [0.05, 0.1) is 18.3 Å². The fraction of sp³-hybridized carbons (Fsp3) is 0.533. The molecule has 1 aliphatic rings. The molecule has 112 valence electrons. The van der Waals surface area contributed by atoms with Crippen LogP contribution in [0.15, 0.2) is 30.3 Å². The highest BCUT2D eigenvalue weighted by molar-refractivity contribution is 5.30. The fourth-order valence-corrected chi connectivity index (χ4v) is 2.82. The molecule has 3 rings (SSSR count). The highest BCUT2D eigenvalue weighted by Gasteiger charge is 2.19. The van der Waals surface area contributed by atoms with Crippen molar-refractivity contribution < 1.29 is 5.11 Å². The van der Waals surface area contributed by atoms with Crippen LogP contribution in [0, 0.1) is 5.92 Å². The van der Waals surface area contributed by atoms with Crippen molar-refractivity contribution in [3.05, 3.63) is 36.2 Å². The van der Waals surface area contributed by atoms with E-state index in [0.717, 1.165) is 43.7 Å². The molecule has 6 nitrogen and oxygen atoms in total. The maximum atomic E-state index is 9.51. The lowest BCUT2D eigenvalue weighted by atomic mass is 9.87. The lowest BCUT2D eigenvalue weighted by Crippen LogP contribution is -2.28. The van der Waals surface area contributed by atoms with E-state index in [1.165, 1.54) is 0 Å². The third-order valence-electron chi connectivity index (χ3n) is 4.07. The Morgan fingerprint density at radius 1 is 1.14 bits per heavy atom. The first-order valence-electron chi connectivity index (χ1n) is 7.54. The van der Waals surface area contributed by atoms with E-state index in [9.17, 15) is 5.11 Å². The predicted molar refractivity (Wildman–Crippen MR) is 78.8 cm³/mol. The van der Waals surface area contributed by atoms with Crippen molar-refractivity contribution in [1.29, 1.82) is 0 Å². The van der Waals surface area contributed by atoms with Crippen LogP contribution >= 0.6 is 0 Å². The van der Waals surface area contributed by atoms with Gasteiger partial charge in [-0.1, -0.05) is 18.2 Å². The van der Waals surface area contributed by atoms with E-state index in [1.807, 2.05) is 30.3 Å². The van der Waals surface area contributed by atoms with E-state index >= 15 is 0 Å². The summed E-state index contributed by atoms with van der Waals surface area (Å²) in [5, 5.41) is 24.8.